The van der Waals surface area contributed by atoms with Crippen LogP contribution in [-0.4, -0.2) is 17.7 Å². The van der Waals surface area contributed by atoms with E-state index in [1.165, 1.54) is 0 Å². The number of urea groups is 1. The van der Waals surface area contributed by atoms with Gasteiger partial charge in [-0.1, -0.05) is 45.2 Å². The molecular weight excluding hydrogens is 240 g/mol. The third-order valence-corrected chi connectivity index (χ3v) is 2.95. The highest BCUT2D eigenvalue weighted by Crippen LogP contribution is 2.28. The second kappa shape index (κ2) is 8.40. The quantitative estimate of drug-likeness (QED) is 0.520. The third kappa shape index (κ3) is 5.20. The van der Waals surface area contributed by atoms with Gasteiger partial charge in [-0.2, -0.15) is 0 Å². The molecule has 0 spiro atoms. The summed E-state index contributed by atoms with van der Waals surface area (Å²) >= 11 is 0. The van der Waals surface area contributed by atoms with Crippen molar-refractivity contribution in [3.8, 4) is 5.75 Å². The first-order valence-electron chi connectivity index (χ1n) is 7.04. The molecule has 0 radical (unpaired) electrons. The van der Waals surface area contributed by atoms with Crippen molar-refractivity contribution in [1.82, 2.24) is 5.32 Å². The summed E-state index contributed by atoms with van der Waals surface area (Å²) < 4.78 is 0. The van der Waals surface area contributed by atoms with Gasteiger partial charge in [0.1, 0.15) is 5.75 Å². The topological polar surface area (TPSA) is 61.4 Å². The molecule has 0 atom stereocenters. The number of aryl methyl sites for hydroxylation is 1. The summed E-state index contributed by atoms with van der Waals surface area (Å²) in [7, 11) is 0. The van der Waals surface area contributed by atoms with Gasteiger partial charge in [0.05, 0.1) is 5.69 Å². The summed E-state index contributed by atoms with van der Waals surface area (Å²) in [4.78, 5) is 11.8. The third-order valence-electron chi connectivity index (χ3n) is 2.95. The number of anilines is 1. The second-order valence-corrected chi connectivity index (χ2v) is 4.65. The lowest BCUT2D eigenvalue weighted by atomic mass is 10.1. The van der Waals surface area contributed by atoms with E-state index in [0.717, 1.165) is 37.7 Å². The van der Waals surface area contributed by atoms with Crippen LogP contribution in [0.25, 0.3) is 0 Å². The number of carbonyl (C=O) groups is 1. The van der Waals surface area contributed by atoms with Gasteiger partial charge in [-0.25, -0.2) is 4.79 Å². The molecule has 0 unspecified atom stereocenters. The van der Waals surface area contributed by atoms with Crippen LogP contribution in [0.3, 0.4) is 0 Å². The first-order chi connectivity index (χ1) is 9.19. The van der Waals surface area contributed by atoms with Crippen LogP contribution in [0.2, 0.25) is 0 Å². The fourth-order valence-corrected chi connectivity index (χ4v) is 1.94. The van der Waals surface area contributed by atoms with Crippen molar-refractivity contribution in [2.75, 3.05) is 11.9 Å². The Morgan fingerprint density at radius 3 is 2.68 bits per heavy atom. The highest BCUT2D eigenvalue weighted by molar-refractivity contribution is 5.91. The summed E-state index contributed by atoms with van der Waals surface area (Å²) in [6, 6.07) is 5.06. The largest absolute Gasteiger partial charge is 0.506 e. The van der Waals surface area contributed by atoms with E-state index in [0.29, 0.717) is 12.2 Å². The van der Waals surface area contributed by atoms with Crippen LogP contribution in [0.15, 0.2) is 18.2 Å². The number of hydrogen-bond donors (Lipinski definition) is 3. The van der Waals surface area contributed by atoms with Gasteiger partial charge in [0, 0.05) is 6.54 Å². The highest BCUT2D eigenvalue weighted by atomic mass is 16.3. The van der Waals surface area contributed by atoms with Crippen LogP contribution < -0.4 is 10.6 Å². The van der Waals surface area contributed by atoms with Crippen LogP contribution in [-0.2, 0) is 6.42 Å². The monoisotopic (exact) mass is 264 g/mol. The summed E-state index contributed by atoms with van der Waals surface area (Å²) in [5.74, 6) is 0.120. The van der Waals surface area contributed by atoms with Gasteiger partial charge in [0.25, 0.3) is 0 Å². The Bertz CT molecular complexity index is 405. The maximum absolute atomic E-state index is 11.8. The molecule has 0 aromatic heterocycles. The number of rotatable bonds is 7. The molecule has 1 aromatic carbocycles. The smallest absolute Gasteiger partial charge is 0.319 e. The number of carbonyl (C=O) groups excluding carboxylic acids is 1. The Morgan fingerprint density at radius 1 is 1.21 bits per heavy atom. The molecule has 1 aromatic rings. The van der Waals surface area contributed by atoms with E-state index in [1.807, 2.05) is 6.07 Å². The standard InChI is InChI=1S/C15H24N2O2/c1-3-5-6-11-16-15(19)17-14-12(8-4-2)9-7-10-13(14)18/h7,9-10,18H,3-6,8,11H2,1-2H3,(H2,16,17,19). The normalized spacial score (nSPS) is 10.2. The Balaban J connectivity index is 2.57. The number of phenolic OH excluding ortho intramolecular Hbond substituents is 1. The molecule has 3 N–H and O–H groups in total. The fourth-order valence-electron chi connectivity index (χ4n) is 1.94. The summed E-state index contributed by atoms with van der Waals surface area (Å²) in [5.41, 5.74) is 1.49. The minimum atomic E-state index is -0.255. The number of para-hydroxylation sites is 1. The first-order valence-corrected chi connectivity index (χ1v) is 7.04. The van der Waals surface area contributed by atoms with E-state index in [4.69, 9.17) is 0 Å². The molecule has 1 rings (SSSR count). The highest BCUT2D eigenvalue weighted by Gasteiger charge is 2.10. The van der Waals surface area contributed by atoms with Crippen LogP contribution in [0.1, 0.15) is 45.1 Å². The molecule has 2 amide bonds. The van der Waals surface area contributed by atoms with Crippen LogP contribution in [0.5, 0.6) is 5.75 Å². The van der Waals surface area contributed by atoms with Gasteiger partial charge in [0.2, 0.25) is 0 Å². The minimum absolute atomic E-state index is 0.120. The molecule has 19 heavy (non-hydrogen) atoms. The molecular formula is C15H24N2O2. The van der Waals surface area contributed by atoms with Crippen LogP contribution >= 0.6 is 0 Å². The minimum Gasteiger partial charge on any atom is -0.506 e. The number of amides is 2. The molecule has 0 aliphatic rings. The number of hydrogen-bond acceptors (Lipinski definition) is 2. The molecule has 106 valence electrons. The molecule has 4 heteroatoms. The predicted molar refractivity (Wildman–Crippen MR) is 78.6 cm³/mol. The molecule has 0 bridgehead atoms. The average Bonchev–Trinajstić information content (AvgIpc) is 2.39. The van der Waals surface area contributed by atoms with Crippen molar-refractivity contribution in [3.63, 3.8) is 0 Å². The molecule has 4 nitrogen and oxygen atoms in total. The Hall–Kier alpha value is -1.71. The van der Waals surface area contributed by atoms with E-state index in [-0.39, 0.29) is 11.8 Å². The van der Waals surface area contributed by atoms with Crippen molar-refractivity contribution >= 4 is 11.7 Å². The van der Waals surface area contributed by atoms with Crippen molar-refractivity contribution in [2.24, 2.45) is 0 Å². The predicted octanol–water partition coefficient (Wildman–Crippen LogP) is 3.66. The Morgan fingerprint density at radius 2 is 2.00 bits per heavy atom. The van der Waals surface area contributed by atoms with Gasteiger partial charge < -0.3 is 15.7 Å². The van der Waals surface area contributed by atoms with Crippen molar-refractivity contribution in [2.45, 2.75) is 46.0 Å². The summed E-state index contributed by atoms with van der Waals surface area (Å²) in [6.45, 7) is 4.86. The second-order valence-electron chi connectivity index (χ2n) is 4.65. The summed E-state index contributed by atoms with van der Waals surface area (Å²) in [5, 5.41) is 15.4. The molecule has 0 fully saturated rings. The zero-order valence-corrected chi connectivity index (χ0v) is 11.8. The molecule has 0 saturated carbocycles. The number of benzene rings is 1. The summed E-state index contributed by atoms with van der Waals surface area (Å²) in [6.07, 6.45) is 5.02. The van der Waals surface area contributed by atoms with Crippen molar-refractivity contribution < 1.29 is 9.90 Å². The van der Waals surface area contributed by atoms with Crippen molar-refractivity contribution in [1.29, 1.82) is 0 Å². The average molecular weight is 264 g/mol. The van der Waals surface area contributed by atoms with Gasteiger partial charge in [-0.3, -0.25) is 0 Å². The van der Waals surface area contributed by atoms with Crippen LogP contribution in [0, 0.1) is 0 Å². The molecule has 0 aliphatic carbocycles. The maximum Gasteiger partial charge on any atom is 0.319 e. The lowest BCUT2D eigenvalue weighted by Crippen LogP contribution is -2.29. The zero-order valence-electron chi connectivity index (χ0n) is 11.8. The number of aromatic hydroxyl groups is 1. The van der Waals surface area contributed by atoms with E-state index < -0.39 is 0 Å². The SMILES string of the molecule is CCCCCNC(=O)Nc1c(O)cccc1CCC. The molecule has 0 saturated heterocycles. The van der Waals surface area contributed by atoms with E-state index in [1.54, 1.807) is 12.1 Å². The fraction of sp³-hybridized carbons (Fsp3) is 0.533. The Labute approximate surface area is 115 Å². The lowest BCUT2D eigenvalue weighted by Gasteiger charge is -2.13. The van der Waals surface area contributed by atoms with E-state index >= 15 is 0 Å². The lowest BCUT2D eigenvalue weighted by molar-refractivity contribution is 0.251. The maximum atomic E-state index is 11.8. The molecule has 0 aliphatic heterocycles. The van der Waals surface area contributed by atoms with Gasteiger partial charge >= 0.3 is 6.03 Å². The number of nitrogens with one attached hydrogen (secondary N) is 2. The zero-order chi connectivity index (χ0) is 14.1. The van der Waals surface area contributed by atoms with Gasteiger partial charge in [-0.05, 0) is 24.5 Å². The van der Waals surface area contributed by atoms with Crippen molar-refractivity contribution in [3.05, 3.63) is 23.8 Å². The van der Waals surface area contributed by atoms with E-state index in [2.05, 4.69) is 24.5 Å². The van der Waals surface area contributed by atoms with E-state index in [9.17, 15) is 9.90 Å². The Kier molecular flexibility index (Phi) is 6.79. The molecule has 0 heterocycles. The van der Waals surface area contributed by atoms with Crippen LogP contribution in [0.4, 0.5) is 10.5 Å². The van der Waals surface area contributed by atoms with Gasteiger partial charge in [0.15, 0.2) is 0 Å². The first kappa shape index (κ1) is 15.3. The van der Waals surface area contributed by atoms with Gasteiger partial charge in [-0.15, -0.1) is 0 Å². The number of phenols is 1. The number of unbranched alkanes of at least 4 members (excludes halogenated alkanes) is 2.